The SMILES string of the molecule is CCC(C#N)(CCCSCC(C)C)NC(C)C. The fraction of sp³-hybridized carbons (Fsp3) is 0.929. The highest BCUT2D eigenvalue weighted by molar-refractivity contribution is 7.99. The monoisotopic (exact) mass is 256 g/mol. The molecule has 0 spiro atoms. The summed E-state index contributed by atoms with van der Waals surface area (Å²) in [5.41, 5.74) is -0.313. The molecule has 3 heteroatoms. The van der Waals surface area contributed by atoms with E-state index in [1.165, 1.54) is 11.5 Å². The van der Waals surface area contributed by atoms with Gasteiger partial charge >= 0.3 is 0 Å². The van der Waals surface area contributed by atoms with Gasteiger partial charge in [0.05, 0.1) is 6.07 Å². The Kier molecular flexibility index (Phi) is 8.72. The maximum absolute atomic E-state index is 9.35. The van der Waals surface area contributed by atoms with E-state index in [2.05, 4.69) is 46.0 Å². The number of hydrogen-bond donors (Lipinski definition) is 1. The summed E-state index contributed by atoms with van der Waals surface area (Å²) in [5, 5.41) is 12.8. The summed E-state index contributed by atoms with van der Waals surface area (Å²) in [6.45, 7) is 10.8. The first-order chi connectivity index (χ1) is 7.95. The Morgan fingerprint density at radius 1 is 1.29 bits per heavy atom. The second-order valence-corrected chi connectivity index (χ2v) is 6.57. The molecule has 0 aromatic rings. The standard InChI is InChI=1S/C14H28N2S/c1-6-14(11-15,16-13(4)5)8-7-9-17-10-12(2)3/h12-13,16H,6-10H2,1-5H3. The molecule has 0 heterocycles. The van der Waals surface area contributed by atoms with Gasteiger partial charge in [-0.1, -0.05) is 20.8 Å². The van der Waals surface area contributed by atoms with Crippen molar-refractivity contribution in [3.05, 3.63) is 0 Å². The van der Waals surface area contributed by atoms with Crippen LogP contribution in [0, 0.1) is 17.2 Å². The van der Waals surface area contributed by atoms with Gasteiger partial charge in [-0.05, 0) is 50.5 Å². The van der Waals surface area contributed by atoms with Gasteiger partial charge < -0.3 is 0 Å². The zero-order valence-corrected chi connectivity index (χ0v) is 12.9. The van der Waals surface area contributed by atoms with Crippen LogP contribution < -0.4 is 5.32 Å². The number of nitrogens with one attached hydrogen (secondary N) is 1. The van der Waals surface area contributed by atoms with Crippen LogP contribution in [-0.2, 0) is 0 Å². The van der Waals surface area contributed by atoms with Gasteiger partial charge in [-0.2, -0.15) is 17.0 Å². The molecule has 0 saturated carbocycles. The number of nitriles is 1. The molecule has 0 fully saturated rings. The van der Waals surface area contributed by atoms with Crippen molar-refractivity contribution in [3.63, 3.8) is 0 Å². The van der Waals surface area contributed by atoms with E-state index in [1.54, 1.807) is 0 Å². The van der Waals surface area contributed by atoms with Gasteiger partial charge in [-0.25, -0.2) is 0 Å². The fourth-order valence-corrected chi connectivity index (χ4v) is 2.85. The lowest BCUT2D eigenvalue weighted by molar-refractivity contribution is 0.341. The van der Waals surface area contributed by atoms with E-state index < -0.39 is 0 Å². The van der Waals surface area contributed by atoms with Crippen molar-refractivity contribution in [2.45, 2.75) is 65.5 Å². The van der Waals surface area contributed by atoms with E-state index >= 15 is 0 Å². The number of nitrogens with zero attached hydrogens (tertiary/aromatic N) is 1. The zero-order valence-electron chi connectivity index (χ0n) is 12.0. The molecule has 2 nitrogen and oxygen atoms in total. The fourth-order valence-electron chi connectivity index (χ4n) is 1.87. The van der Waals surface area contributed by atoms with Crippen LogP contribution in [-0.4, -0.2) is 23.1 Å². The van der Waals surface area contributed by atoms with Crippen LogP contribution >= 0.6 is 11.8 Å². The Balaban J connectivity index is 3.98. The van der Waals surface area contributed by atoms with E-state index in [9.17, 15) is 5.26 Å². The van der Waals surface area contributed by atoms with Crippen molar-refractivity contribution in [2.75, 3.05) is 11.5 Å². The van der Waals surface area contributed by atoms with E-state index in [1.807, 2.05) is 11.8 Å². The molecule has 100 valence electrons. The Bertz CT molecular complexity index is 233. The molecule has 17 heavy (non-hydrogen) atoms. The lowest BCUT2D eigenvalue weighted by Gasteiger charge is -2.29. The first kappa shape index (κ1) is 16.8. The first-order valence-corrected chi connectivity index (χ1v) is 7.88. The van der Waals surface area contributed by atoms with Crippen molar-refractivity contribution in [1.29, 1.82) is 5.26 Å². The minimum Gasteiger partial charge on any atom is -0.297 e. The second-order valence-electron chi connectivity index (χ2n) is 5.42. The molecule has 0 rings (SSSR count). The van der Waals surface area contributed by atoms with Gasteiger partial charge in [0.25, 0.3) is 0 Å². The minimum absolute atomic E-state index is 0.313. The number of thioether (sulfide) groups is 1. The van der Waals surface area contributed by atoms with Crippen molar-refractivity contribution < 1.29 is 0 Å². The van der Waals surface area contributed by atoms with Gasteiger partial charge in [0, 0.05) is 6.04 Å². The van der Waals surface area contributed by atoms with E-state index in [0.29, 0.717) is 6.04 Å². The Morgan fingerprint density at radius 2 is 1.94 bits per heavy atom. The molecule has 0 amide bonds. The van der Waals surface area contributed by atoms with Crippen LogP contribution in [0.3, 0.4) is 0 Å². The van der Waals surface area contributed by atoms with Gasteiger partial charge in [0.1, 0.15) is 5.54 Å². The maximum Gasteiger partial charge on any atom is 0.106 e. The Morgan fingerprint density at radius 3 is 2.35 bits per heavy atom. The van der Waals surface area contributed by atoms with Gasteiger partial charge in [0.15, 0.2) is 0 Å². The Hall–Kier alpha value is -0.200. The van der Waals surface area contributed by atoms with Crippen LogP contribution in [0.2, 0.25) is 0 Å². The van der Waals surface area contributed by atoms with Crippen LogP contribution in [0.1, 0.15) is 53.9 Å². The quantitative estimate of drug-likeness (QED) is 0.637. The minimum atomic E-state index is -0.313. The first-order valence-electron chi connectivity index (χ1n) is 6.72. The van der Waals surface area contributed by atoms with E-state index in [-0.39, 0.29) is 5.54 Å². The molecule has 0 radical (unpaired) electrons. The average Bonchev–Trinajstić information content (AvgIpc) is 2.26. The normalized spacial score (nSPS) is 14.9. The predicted octanol–water partition coefficient (Wildman–Crippen LogP) is 3.83. The van der Waals surface area contributed by atoms with Crippen LogP contribution in [0.4, 0.5) is 0 Å². The van der Waals surface area contributed by atoms with E-state index in [0.717, 1.165) is 25.2 Å². The van der Waals surface area contributed by atoms with Crippen LogP contribution in [0.15, 0.2) is 0 Å². The second kappa shape index (κ2) is 8.83. The van der Waals surface area contributed by atoms with Crippen LogP contribution in [0.25, 0.3) is 0 Å². The van der Waals surface area contributed by atoms with Crippen molar-refractivity contribution >= 4 is 11.8 Å². The molecule has 1 atom stereocenters. The topological polar surface area (TPSA) is 35.8 Å². The smallest absolute Gasteiger partial charge is 0.106 e. The van der Waals surface area contributed by atoms with Crippen molar-refractivity contribution in [1.82, 2.24) is 5.32 Å². The number of rotatable bonds is 9. The maximum atomic E-state index is 9.35. The molecule has 0 aromatic heterocycles. The molecular weight excluding hydrogens is 228 g/mol. The molecule has 0 aliphatic heterocycles. The third-order valence-electron chi connectivity index (χ3n) is 2.73. The van der Waals surface area contributed by atoms with Crippen molar-refractivity contribution in [2.24, 2.45) is 5.92 Å². The van der Waals surface area contributed by atoms with Gasteiger partial charge in [-0.15, -0.1) is 0 Å². The molecule has 1 unspecified atom stereocenters. The van der Waals surface area contributed by atoms with Crippen molar-refractivity contribution in [3.8, 4) is 6.07 Å². The molecule has 0 saturated heterocycles. The number of hydrogen-bond acceptors (Lipinski definition) is 3. The average molecular weight is 256 g/mol. The summed E-state index contributed by atoms with van der Waals surface area (Å²) in [4.78, 5) is 0. The highest BCUT2D eigenvalue weighted by Gasteiger charge is 2.27. The zero-order chi connectivity index (χ0) is 13.3. The summed E-state index contributed by atoms with van der Waals surface area (Å²) in [5.74, 6) is 3.16. The molecular formula is C14H28N2S. The van der Waals surface area contributed by atoms with Crippen LogP contribution in [0.5, 0.6) is 0 Å². The summed E-state index contributed by atoms with van der Waals surface area (Å²) in [6, 6.07) is 2.85. The summed E-state index contributed by atoms with van der Waals surface area (Å²) in [6.07, 6.45) is 2.97. The highest BCUT2D eigenvalue weighted by Crippen LogP contribution is 2.20. The van der Waals surface area contributed by atoms with Gasteiger partial charge in [0.2, 0.25) is 0 Å². The third-order valence-corrected chi connectivity index (χ3v) is 4.21. The third kappa shape index (κ3) is 7.68. The largest absolute Gasteiger partial charge is 0.297 e. The molecule has 1 N–H and O–H groups in total. The molecule has 0 aromatic carbocycles. The lowest BCUT2D eigenvalue weighted by Crippen LogP contribution is -2.47. The summed E-state index contributed by atoms with van der Waals surface area (Å²) >= 11 is 2.00. The predicted molar refractivity (Wildman–Crippen MR) is 78.3 cm³/mol. The summed E-state index contributed by atoms with van der Waals surface area (Å²) in [7, 11) is 0. The molecule has 0 aliphatic carbocycles. The Labute approximate surface area is 112 Å². The van der Waals surface area contributed by atoms with E-state index in [4.69, 9.17) is 0 Å². The highest BCUT2D eigenvalue weighted by atomic mass is 32.2. The lowest BCUT2D eigenvalue weighted by atomic mass is 9.91. The molecule has 0 aliphatic rings. The summed E-state index contributed by atoms with van der Waals surface area (Å²) < 4.78 is 0. The van der Waals surface area contributed by atoms with Gasteiger partial charge in [-0.3, -0.25) is 5.32 Å². The molecule has 0 bridgehead atoms.